The number of hydrogen-bond donors (Lipinski definition) is 1. The highest BCUT2D eigenvalue weighted by atomic mass is 19.1. The number of piperidine rings is 1. The minimum atomic E-state index is -0.832. The molecule has 0 amide bonds. The number of nitrogens with zero attached hydrogens (tertiary/aromatic N) is 5. The highest BCUT2D eigenvalue weighted by molar-refractivity contribution is 5.99. The van der Waals surface area contributed by atoms with Gasteiger partial charge < -0.3 is 15.4 Å². The largest absolute Gasteiger partial charge is 0.466 e. The van der Waals surface area contributed by atoms with Gasteiger partial charge in [0.15, 0.2) is 5.65 Å². The molecule has 0 spiro atoms. The molecule has 1 aliphatic rings. The van der Waals surface area contributed by atoms with Crippen molar-refractivity contribution in [3.05, 3.63) is 59.9 Å². The molecule has 1 unspecified atom stereocenters. The zero-order chi connectivity index (χ0) is 25.4. The molecule has 186 valence electrons. The highest BCUT2D eigenvalue weighted by Crippen LogP contribution is 2.35. The van der Waals surface area contributed by atoms with Crippen LogP contribution in [0.5, 0.6) is 0 Å². The molecule has 1 atom stereocenters. The predicted molar refractivity (Wildman–Crippen MR) is 128 cm³/mol. The second-order valence-electron chi connectivity index (χ2n) is 8.51. The van der Waals surface area contributed by atoms with E-state index in [2.05, 4.69) is 15.1 Å². The minimum Gasteiger partial charge on any atom is -0.466 e. The van der Waals surface area contributed by atoms with Crippen molar-refractivity contribution in [2.45, 2.75) is 19.8 Å². The van der Waals surface area contributed by atoms with Gasteiger partial charge in [0, 0.05) is 24.7 Å². The van der Waals surface area contributed by atoms with Crippen molar-refractivity contribution >= 4 is 28.8 Å². The lowest BCUT2D eigenvalue weighted by Gasteiger charge is -2.31. The van der Waals surface area contributed by atoms with Gasteiger partial charge in [-0.25, -0.2) is 22.8 Å². The number of esters is 1. The molecule has 5 rings (SSSR count). The van der Waals surface area contributed by atoms with Gasteiger partial charge in [-0.1, -0.05) is 6.07 Å². The third-order valence-corrected chi connectivity index (χ3v) is 6.12. The molecule has 36 heavy (non-hydrogen) atoms. The molecule has 2 aromatic heterocycles. The maximum Gasteiger partial charge on any atom is 0.310 e. The van der Waals surface area contributed by atoms with Gasteiger partial charge in [0.2, 0.25) is 5.95 Å². The van der Waals surface area contributed by atoms with Crippen LogP contribution in [0, 0.1) is 23.4 Å². The number of anilines is 2. The number of benzene rings is 2. The quantitative estimate of drug-likeness (QED) is 0.412. The number of ether oxygens (including phenoxy) is 1. The number of halogens is 3. The van der Waals surface area contributed by atoms with Gasteiger partial charge in [0.25, 0.3) is 0 Å². The predicted octanol–water partition coefficient (Wildman–Crippen LogP) is 4.26. The molecule has 1 saturated heterocycles. The number of rotatable bonds is 5. The summed E-state index contributed by atoms with van der Waals surface area (Å²) in [7, 11) is 0. The van der Waals surface area contributed by atoms with E-state index in [1.165, 1.54) is 28.9 Å². The van der Waals surface area contributed by atoms with Gasteiger partial charge in [-0.2, -0.15) is 4.98 Å². The second kappa shape index (κ2) is 9.48. The van der Waals surface area contributed by atoms with E-state index < -0.39 is 17.5 Å². The lowest BCUT2D eigenvalue weighted by Crippen LogP contribution is -2.40. The maximum absolute atomic E-state index is 14.9. The molecule has 0 radical (unpaired) electrons. The van der Waals surface area contributed by atoms with Crippen LogP contribution in [0.15, 0.2) is 42.5 Å². The van der Waals surface area contributed by atoms with Gasteiger partial charge in [0.05, 0.1) is 29.3 Å². The summed E-state index contributed by atoms with van der Waals surface area (Å²) in [5.41, 5.74) is 7.01. The van der Waals surface area contributed by atoms with Crippen molar-refractivity contribution in [1.29, 1.82) is 0 Å². The molecule has 3 heterocycles. The zero-order valence-electron chi connectivity index (χ0n) is 19.4. The average molecular weight is 496 g/mol. The van der Waals surface area contributed by atoms with Crippen molar-refractivity contribution in [2.75, 3.05) is 30.3 Å². The van der Waals surface area contributed by atoms with Gasteiger partial charge in [0.1, 0.15) is 23.3 Å². The van der Waals surface area contributed by atoms with Crippen molar-refractivity contribution in [2.24, 2.45) is 5.92 Å². The van der Waals surface area contributed by atoms with E-state index in [4.69, 9.17) is 10.5 Å². The van der Waals surface area contributed by atoms with Gasteiger partial charge in [-0.3, -0.25) is 4.79 Å². The van der Waals surface area contributed by atoms with E-state index >= 15 is 0 Å². The normalized spacial score (nSPS) is 15.9. The van der Waals surface area contributed by atoms with Gasteiger partial charge in [-0.15, -0.1) is 5.10 Å². The average Bonchev–Trinajstić information content (AvgIpc) is 3.20. The highest BCUT2D eigenvalue weighted by Gasteiger charge is 2.30. The summed E-state index contributed by atoms with van der Waals surface area (Å²) in [4.78, 5) is 23.3. The number of nitrogens with two attached hydrogens (primary N) is 1. The molecule has 2 N–H and O–H groups in total. The number of aromatic nitrogens is 4. The Labute approximate surface area is 204 Å². The molecule has 0 saturated carbocycles. The fourth-order valence-corrected chi connectivity index (χ4v) is 4.43. The Morgan fingerprint density at radius 2 is 1.94 bits per heavy atom. The molecule has 1 aliphatic heterocycles. The first-order valence-corrected chi connectivity index (χ1v) is 11.5. The number of carbonyl (C=O) groups is 1. The smallest absolute Gasteiger partial charge is 0.310 e. The number of hydrogen-bond acceptors (Lipinski definition) is 7. The summed E-state index contributed by atoms with van der Waals surface area (Å²) in [5.74, 6) is -2.42. The number of nitrogen functional groups attached to an aromatic ring is 1. The molecule has 11 heteroatoms. The van der Waals surface area contributed by atoms with E-state index in [1.54, 1.807) is 13.0 Å². The lowest BCUT2D eigenvalue weighted by molar-refractivity contribution is -0.148. The molecule has 0 aliphatic carbocycles. The summed E-state index contributed by atoms with van der Waals surface area (Å²) < 4.78 is 49.0. The first kappa shape index (κ1) is 23.6. The summed E-state index contributed by atoms with van der Waals surface area (Å²) in [6.45, 7) is 2.91. The third kappa shape index (κ3) is 4.32. The van der Waals surface area contributed by atoms with E-state index in [0.29, 0.717) is 31.6 Å². The van der Waals surface area contributed by atoms with E-state index in [0.717, 1.165) is 12.1 Å². The van der Waals surface area contributed by atoms with Crippen LogP contribution in [0.2, 0.25) is 0 Å². The van der Waals surface area contributed by atoms with Crippen LogP contribution < -0.4 is 10.6 Å². The summed E-state index contributed by atoms with van der Waals surface area (Å²) >= 11 is 0. The van der Waals surface area contributed by atoms with Crippen LogP contribution in [0.3, 0.4) is 0 Å². The van der Waals surface area contributed by atoms with Crippen LogP contribution in [0.25, 0.3) is 28.0 Å². The SMILES string of the molecule is CCOC(=O)C1CCCN(c2nc(-c3ccc(F)cc3F)c3c(N)n(-c4cccc(F)c4)nc3n2)C1. The fraction of sp³-hybridized carbons (Fsp3) is 0.280. The molecular formula is C25H23F3N6O2. The minimum absolute atomic E-state index is 0.00879. The van der Waals surface area contributed by atoms with Crippen LogP contribution in [0.1, 0.15) is 19.8 Å². The Hall–Kier alpha value is -4.15. The van der Waals surface area contributed by atoms with Crippen molar-refractivity contribution in [1.82, 2.24) is 19.7 Å². The molecule has 1 fully saturated rings. The summed E-state index contributed by atoms with van der Waals surface area (Å²) in [6, 6.07) is 8.82. The lowest BCUT2D eigenvalue weighted by atomic mass is 9.98. The van der Waals surface area contributed by atoms with E-state index in [9.17, 15) is 18.0 Å². The Morgan fingerprint density at radius 3 is 2.69 bits per heavy atom. The van der Waals surface area contributed by atoms with Crippen molar-refractivity contribution in [3.63, 3.8) is 0 Å². The van der Waals surface area contributed by atoms with Crippen LogP contribution >= 0.6 is 0 Å². The van der Waals surface area contributed by atoms with Crippen LogP contribution in [0.4, 0.5) is 24.9 Å². The van der Waals surface area contributed by atoms with Crippen molar-refractivity contribution in [3.8, 4) is 16.9 Å². The van der Waals surface area contributed by atoms with Crippen LogP contribution in [-0.4, -0.2) is 45.4 Å². The molecule has 8 nitrogen and oxygen atoms in total. The Morgan fingerprint density at radius 1 is 1.14 bits per heavy atom. The van der Waals surface area contributed by atoms with E-state index in [-0.39, 0.29) is 52.6 Å². The molecule has 4 aromatic rings. The number of fused-ring (bicyclic) bond motifs is 1. The molecule has 0 bridgehead atoms. The van der Waals surface area contributed by atoms with Crippen LogP contribution in [-0.2, 0) is 9.53 Å². The fourth-order valence-electron chi connectivity index (χ4n) is 4.43. The van der Waals surface area contributed by atoms with Gasteiger partial charge >= 0.3 is 5.97 Å². The second-order valence-corrected chi connectivity index (χ2v) is 8.51. The topological polar surface area (TPSA) is 99.2 Å². The Bertz CT molecular complexity index is 1460. The Balaban J connectivity index is 1.67. The zero-order valence-corrected chi connectivity index (χ0v) is 19.4. The van der Waals surface area contributed by atoms with E-state index in [1.807, 2.05) is 4.90 Å². The molecular weight excluding hydrogens is 473 g/mol. The Kier molecular flexibility index (Phi) is 6.21. The maximum atomic E-state index is 14.9. The summed E-state index contributed by atoms with van der Waals surface area (Å²) in [6.07, 6.45) is 1.36. The number of carbonyl (C=O) groups excluding carboxylic acids is 1. The molecule has 2 aromatic carbocycles. The van der Waals surface area contributed by atoms with Crippen molar-refractivity contribution < 1.29 is 22.7 Å². The first-order chi connectivity index (χ1) is 17.4. The third-order valence-electron chi connectivity index (χ3n) is 6.12. The first-order valence-electron chi connectivity index (χ1n) is 11.5. The summed E-state index contributed by atoms with van der Waals surface area (Å²) in [5, 5.41) is 4.70. The standard InChI is InChI=1S/C25H23F3N6O2/c1-2-36-24(35)14-5-4-10-33(13-14)25-30-21(18-9-8-16(27)12-19(18)28)20-22(29)34(32-23(20)31-25)17-7-3-6-15(26)11-17/h3,6-9,11-12,14H,2,4-5,10,13,29H2,1H3. The monoisotopic (exact) mass is 496 g/mol. The van der Waals surface area contributed by atoms with Gasteiger partial charge in [-0.05, 0) is 50.1 Å².